The van der Waals surface area contributed by atoms with Gasteiger partial charge in [0.15, 0.2) is 0 Å². The summed E-state index contributed by atoms with van der Waals surface area (Å²) in [6.45, 7) is 1.53. The Bertz CT molecular complexity index is 331. The molecule has 0 atom stereocenters. The minimum absolute atomic E-state index is 0.0349. The van der Waals surface area contributed by atoms with Crippen LogP contribution in [0.4, 0.5) is 24.5 Å². The molecule has 0 aliphatic heterocycles. The van der Waals surface area contributed by atoms with Crippen molar-refractivity contribution in [3.8, 4) is 0 Å². The second-order valence-electron chi connectivity index (χ2n) is 2.81. The van der Waals surface area contributed by atoms with Crippen LogP contribution >= 0.6 is 0 Å². The van der Waals surface area contributed by atoms with Crippen molar-refractivity contribution in [1.29, 1.82) is 0 Å². The number of rotatable bonds is 0. The van der Waals surface area contributed by atoms with E-state index in [-0.39, 0.29) is 5.69 Å². The highest BCUT2D eigenvalue weighted by atomic mass is 19.4. The van der Waals surface area contributed by atoms with Gasteiger partial charge in [0.05, 0.1) is 16.9 Å². The monoisotopic (exact) mass is 190 g/mol. The highest BCUT2D eigenvalue weighted by molar-refractivity contribution is 5.69. The maximum atomic E-state index is 12.3. The molecule has 0 spiro atoms. The lowest BCUT2D eigenvalue weighted by molar-refractivity contribution is -0.136. The molecule has 0 aliphatic carbocycles. The van der Waals surface area contributed by atoms with Crippen molar-refractivity contribution in [1.82, 2.24) is 0 Å². The number of nitrogens with two attached hydrogens (primary N) is 2. The molecule has 0 unspecified atom stereocenters. The molecule has 5 heteroatoms. The Hall–Kier alpha value is -1.39. The molecule has 0 bridgehead atoms. The molecule has 0 saturated heterocycles. The fourth-order valence-corrected chi connectivity index (χ4v) is 1.06. The van der Waals surface area contributed by atoms with Gasteiger partial charge >= 0.3 is 6.18 Å². The van der Waals surface area contributed by atoms with Crippen LogP contribution in [0.2, 0.25) is 0 Å². The van der Waals surface area contributed by atoms with Gasteiger partial charge in [-0.2, -0.15) is 13.2 Å². The summed E-state index contributed by atoms with van der Waals surface area (Å²) in [5, 5.41) is 0. The third-order valence-corrected chi connectivity index (χ3v) is 1.66. The maximum Gasteiger partial charge on any atom is 0.418 e. The molecule has 0 radical (unpaired) electrons. The Morgan fingerprint density at radius 2 is 1.69 bits per heavy atom. The quantitative estimate of drug-likeness (QED) is 0.616. The molecule has 0 amide bonds. The standard InChI is InChI=1S/C8H9F3N2/c1-4-2-5(8(9,10)11)7(13)6(12)3-4/h2-3H,12-13H2,1H3. The Kier molecular flexibility index (Phi) is 2.11. The number of aryl methyl sites for hydroxylation is 1. The zero-order valence-electron chi connectivity index (χ0n) is 6.94. The molecular formula is C8H9F3N2. The number of anilines is 2. The van der Waals surface area contributed by atoms with E-state index in [1.165, 1.54) is 13.0 Å². The summed E-state index contributed by atoms with van der Waals surface area (Å²) in [7, 11) is 0. The molecular weight excluding hydrogens is 181 g/mol. The van der Waals surface area contributed by atoms with Crippen molar-refractivity contribution in [3.05, 3.63) is 23.3 Å². The van der Waals surface area contributed by atoms with Crippen molar-refractivity contribution in [2.45, 2.75) is 13.1 Å². The number of hydrogen-bond donors (Lipinski definition) is 2. The van der Waals surface area contributed by atoms with Gasteiger partial charge in [-0.3, -0.25) is 0 Å². The molecule has 0 saturated carbocycles. The van der Waals surface area contributed by atoms with Crippen molar-refractivity contribution >= 4 is 11.4 Å². The summed E-state index contributed by atoms with van der Waals surface area (Å²) in [5.41, 5.74) is 9.62. The van der Waals surface area contributed by atoms with Crippen LogP contribution in [-0.2, 0) is 6.18 Å². The molecule has 13 heavy (non-hydrogen) atoms. The van der Waals surface area contributed by atoms with E-state index in [0.29, 0.717) is 5.56 Å². The predicted molar refractivity (Wildman–Crippen MR) is 45.0 cm³/mol. The van der Waals surface area contributed by atoms with E-state index < -0.39 is 17.4 Å². The topological polar surface area (TPSA) is 52.0 Å². The summed E-state index contributed by atoms with van der Waals surface area (Å²) < 4.78 is 36.8. The van der Waals surface area contributed by atoms with Crippen LogP contribution in [0.25, 0.3) is 0 Å². The zero-order valence-corrected chi connectivity index (χ0v) is 6.94. The summed E-state index contributed by atoms with van der Waals surface area (Å²) in [6.07, 6.45) is -4.44. The van der Waals surface area contributed by atoms with Gasteiger partial charge in [0.25, 0.3) is 0 Å². The fraction of sp³-hybridized carbons (Fsp3) is 0.250. The van der Waals surface area contributed by atoms with E-state index in [4.69, 9.17) is 11.5 Å². The van der Waals surface area contributed by atoms with Gasteiger partial charge < -0.3 is 11.5 Å². The van der Waals surface area contributed by atoms with Gasteiger partial charge in [-0.15, -0.1) is 0 Å². The average molecular weight is 190 g/mol. The lowest BCUT2D eigenvalue weighted by atomic mass is 10.1. The van der Waals surface area contributed by atoms with Crippen molar-refractivity contribution in [2.75, 3.05) is 11.5 Å². The Balaban J connectivity index is 3.37. The summed E-state index contributed by atoms with van der Waals surface area (Å²) in [5.74, 6) is 0. The van der Waals surface area contributed by atoms with Gasteiger partial charge in [0, 0.05) is 0 Å². The third kappa shape index (κ3) is 1.85. The Morgan fingerprint density at radius 3 is 2.15 bits per heavy atom. The Labute approximate surface area is 73.3 Å². The highest BCUT2D eigenvalue weighted by Gasteiger charge is 2.33. The molecule has 0 fully saturated rings. The van der Waals surface area contributed by atoms with Gasteiger partial charge in [0.2, 0.25) is 0 Å². The van der Waals surface area contributed by atoms with Crippen LogP contribution in [0.3, 0.4) is 0 Å². The summed E-state index contributed by atoms with van der Waals surface area (Å²) >= 11 is 0. The predicted octanol–water partition coefficient (Wildman–Crippen LogP) is 2.18. The first-order valence-electron chi connectivity index (χ1n) is 3.55. The number of benzene rings is 1. The SMILES string of the molecule is Cc1cc(N)c(N)c(C(F)(F)F)c1. The second kappa shape index (κ2) is 2.83. The zero-order chi connectivity index (χ0) is 10.2. The fourth-order valence-electron chi connectivity index (χ4n) is 1.06. The van der Waals surface area contributed by atoms with E-state index in [1.807, 2.05) is 0 Å². The largest absolute Gasteiger partial charge is 0.418 e. The first-order chi connectivity index (χ1) is 5.82. The summed E-state index contributed by atoms with van der Waals surface area (Å²) in [4.78, 5) is 0. The van der Waals surface area contributed by atoms with Crippen molar-refractivity contribution in [3.63, 3.8) is 0 Å². The van der Waals surface area contributed by atoms with Crippen molar-refractivity contribution in [2.24, 2.45) is 0 Å². The number of halogens is 3. The van der Waals surface area contributed by atoms with Crippen LogP contribution in [-0.4, -0.2) is 0 Å². The molecule has 0 aromatic heterocycles. The first-order valence-corrected chi connectivity index (χ1v) is 3.55. The average Bonchev–Trinajstić information content (AvgIpc) is 1.94. The lowest BCUT2D eigenvalue weighted by Gasteiger charge is -2.12. The van der Waals surface area contributed by atoms with E-state index in [1.54, 1.807) is 0 Å². The Morgan fingerprint density at radius 1 is 1.15 bits per heavy atom. The lowest BCUT2D eigenvalue weighted by Crippen LogP contribution is -2.11. The molecule has 0 heterocycles. The molecule has 1 rings (SSSR count). The van der Waals surface area contributed by atoms with Crippen LogP contribution in [0.1, 0.15) is 11.1 Å². The molecule has 4 N–H and O–H groups in total. The molecule has 1 aromatic carbocycles. The normalized spacial score (nSPS) is 11.7. The van der Waals surface area contributed by atoms with E-state index in [9.17, 15) is 13.2 Å². The molecule has 1 aromatic rings. The van der Waals surface area contributed by atoms with Crippen LogP contribution in [0.5, 0.6) is 0 Å². The number of alkyl halides is 3. The second-order valence-corrected chi connectivity index (χ2v) is 2.81. The van der Waals surface area contributed by atoms with Crippen LogP contribution in [0, 0.1) is 6.92 Å². The highest BCUT2D eigenvalue weighted by Crippen LogP contribution is 2.36. The third-order valence-electron chi connectivity index (χ3n) is 1.66. The minimum atomic E-state index is -4.44. The van der Waals surface area contributed by atoms with E-state index in [0.717, 1.165) is 6.07 Å². The van der Waals surface area contributed by atoms with Crippen molar-refractivity contribution < 1.29 is 13.2 Å². The van der Waals surface area contributed by atoms with Gasteiger partial charge in [-0.1, -0.05) is 0 Å². The smallest absolute Gasteiger partial charge is 0.397 e. The molecule has 72 valence electrons. The van der Waals surface area contributed by atoms with E-state index >= 15 is 0 Å². The van der Waals surface area contributed by atoms with Gasteiger partial charge in [-0.25, -0.2) is 0 Å². The number of nitrogen functional groups attached to an aromatic ring is 2. The van der Waals surface area contributed by atoms with Crippen LogP contribution in [0.15, 0.2) is 12.1 Å². The first kappa shape index (κ1) is 9.70. The van der Waals surface area contributed by atoms with Gasteiger partial charge in [0.1, 0.15) is 0 Å². The molecule has 2 nitrogen and oxygen atoms in total. The summed E-state index contributed by atoms with van der Waals surface area (Å²) in [6, 6.07) is 2.39. The molecule has 0 aliphatic rings. The van der Waals surface area contributed by atoms with Crippen LogP contribution < -0.4 is 11.5 Å². The minimum Gasteiger partial charge on any atom is -0.397 e. The maximum absolute atomic E-state index is 12.3. The van der Waals surface area contributed by atoms with E-state index in [2.05, 4.69) is 0 Å². The van der Waals surface area contributed by atoms with Gasteiger partial charge in [-0.05, 0) is 24.6 Å². The number of hydrogen-bond acceptors (Lipinski definition) is 2.